The zero-order valence-corrected chi connectivity index (χ0v) is 23.3. The van der Waals surface area contributed by atoms with Crippen LogP contribution in [0.3, 0.4) is 0 Å². The molecule has 0 aliphatic rings. The molecule has 39 heavy (non-hydrogen) atoms. The summed E-state index contributed by atoms with van der Waals surface area (Å²) in [6.07, 6.45) is 3.98. The highest BCUT2D eigenvalue weighted by Crippen LogP contribution is 2.20. The highest BCUT2D eigenvalue weighted by molar-refractivity contribution is 5.95. The molecule has 9 N–H and O–H groups in total. The molecule has 3 amide bonds. The summed E-state index contributed by atoms with van der Waals surface area (Å²) >= 11 is 0. The van der Waals surface area contributed by atoms with Crippen LogP contribution in [-0.4, -0.2) is 64.5 Å². The van der Waals surface area contributed by atoms with E-state index >= 15 is 0 Å². The number of carboxylic acid groups (broad SMARTS) is 1. The highest BCUT2D eigenvalue weighted by atomic mass is 16.4. The topological polar surface area (TPSA) is 192 Å². The van der Waals surface area contributed by atoms with Gasteiger partial charge in [0.1, 0.15) is 18.1 Å². The number of aromatic nitrogens is 1. The summed E-state index contributed by atoms with van der Waals surface area (Å²) in [5, 5.41) is 18.7. The van der Waals surface area contributed by atoms with Crippen molar-refractivity contribution in [1.82, 2.24) is 20.9 Å². The summed E-state index contributed by atoms with van der Waals surface area (Å²) in [4.78, 5) is 54.7. The van der Waals surface area contributed by atoms with E-state index in [0.29, 0.717) is 32.2 Å². The number of carbonyl (C=O) groups excluding carboxylic acids is 3. The van der Waals surface area contributed by atoms with Crippen molar-refractivity contribution in [3.63, 3.8) is 0 Å². The van der Waals surface area contributed by atoms with Gasteiger partial charge in [-0.25, -0.2) is 4.79 Å². The van der Waals surface area contributed by atoms with Crippen molar-refractivity contribution in [2.24, 2.45) is 23.3 Å². The molecule has 0 saturated heterocycles. The minimum Gasteiger partial charge on any atom is -0.480 e. The molecule has 1 heterocycles. The monoisotopic (exact) mass is 544 g/mol. The lowest BCUT2D eigenvalue weighted by Gasteiger charge is -2.27. The molecule has 0 bridgehead atoms. The second-order valence-electron chi connectivity index (χ2n) is 10.5. The minimum absolute atomic E-state index is 0.114. The number of para-hydroxylation sites is 1. The fourth-order valence-corrected chi connectivity index (χ4v) is 4.27. The molecule has 1 aromatic carbocycles. The maximum atomic E-state index is 13.5. The molecule has 0 radical (unpaired) electrons. The quantitative estimate of drug-likeness (QED) is 0.155. The van der Waals surface area contributed by atoms with Gasteiger partial charge in [0.05, 0.1) is 6.04 Å². The van der Waals surface area contributed by atoms with Gasteiger partial charge >= 0.3 is 5.97 Å². The lowest BCUT2D eigenvalue weighted by Crippen LogP contribution is -2.58. The first-order valence-corrected chi connectivity index (χ1v) is 13.6. The van der Waals surface area contributed by atoms with Crippen LogP contribution in [0.4, 0.5) is 0 Å². The number of nitrogens with two attached hydrogens (primary N) is 2. The third kappa shape index (κ3) is 9.07. The Morgan fingerprint density at radius 2 is 1.59 bits per heavy atom. The SMILES string of the molecule is CCC(C)C(NC(=O)C(Cc1c[nH]c2ccccc12)NC(=O)C(CCCCN)NC(=O)C(N)C(C)C)C(=O)O. The van der Waals surface area contributed by atoms with Crippen molar-refractivity contribution in [2.75, 3.05) is 6.54 Å². The zero-order valence-electron chi connectivity index (χ0n) is 23.3. The fraction of sp³-hybridized carbons (Fsp3) is 0.571. The third-order valence-corrected chi connectivity index (χ3v) is 7.11. The van der Waals surface area contributed by atoms with Gasteiger partial charge in [-0.2, -0.15) is 0 Å². The van der Waals surface area contributed by atoms with E-state index in [1.807, 2.05) is 45.0 Å². The number of fused-ring (bicyclic) bond motifs is 1. The first kappa shape index (κ1) is 31.8. The van der Waals surface area contributed by atoms with Gasteiger partial charge in [0.15, 0.2) is 0 Å². The average molecular weight is 545 g/mol. The van der Waals surface area contributed by atoms with Crippen molar-refractivity contribution < 1.29 is 24.3 Å². The first-order chi connectivity index (χ1) is 18.5. The number of benzene rings is 1. The summed E-state index contributed by atoms with van der Waals surface area (Å²) < 4.78 is 0. The summed E-state index contributed by atoms with van der Waals surface area (Å²) in [7, 11) is 0. The number of carbonyl (C=O) groups is 4. The standard InChI is InChI=1S/C28H44N6O5/c1-5-17(4)24(28(38)39)34-26(36)22(14-18-15-31-20-11-7-6-10-19(18)20)33-25(35)21(12-8-9-13-29)32-27(37)23(30)16(2)3/h6-7,10-11,15-17,21-24,31H,5,8-9,12-14,29-30H2,1-4H3,(H,32,37)(H,33,35)(H,34,36)(H,38,39). The van der Waals surface area contributed by atoms with Crippen LogP contribution in [-0.2, 0) is 25.6 Å². The molecule has 2 rings (SSSR count). The molecule has 11 heteroatoms. The predicted molar refractivity (Wildman–Crippen MR) is 151 cm³/mol. The maximum absolute atomic E-state index is 13.5. The average Bonchev–Trinajstić information content (AvgIpc) is 3.32. The van der Waals surface area contributed by atoms with Crippen molar-refractivity contribution >= 4 is 34.6 Å². The van der Waals surface area contributed by atoms with Gasteiger partial charge in [0, 0.05) is 23.5 Å². The van der Waals surface area contributed by atoms with Gasteiger partial charge in [-0.1, -0.05) is 52.3 Å². The van der Waals surface area contributed by atoms with Gasteiger partial charge in [-0.15, -0.1) is 0 Å². The number of unbranched alkanes of at least 4 members (excludes halogenated alkanes) is 1. The molecule has 5 atom stereocenters. The smallest absolute Gasteiger partial charge is 0.326 e. The molecule has 1 aromatic heterocycles. The van der Waals surface area contributed by atoms with Crippen molar-refractivity contribution in [3.05, 3.63) is 36.0 Å². The van der Waals surface area contributed by atoms with Crippen LogP contribution in [0.2, 0.25) is 0 Å². The molecule has 0 fully saturated rings. The minimum atomic E-state index is -1.15. The van der Waals surface area contributed by atoms with E-state index in [4.69, 9.17) is 11.5 Å². The van der Waals surface area contributed by atoms with Crippen LogP contribution in [0, 0.1) is 11.8 Å². The molecule has 11 nitrogen and oxygen atoms in total. The van der Waals surface area contributed by atoms with E-state index < -0.39 is 47.9 Å². The van der Waals surface area contributed by atoms with E-state index in [0.717, 1.165) is 16.5 Å². The van der Waals surface area contributed by atoms with E-state index in [-0.39, 0.29) is 18.3 Å². The lowest BCUT2D eigenvalue weighted by atomic mass is 9.97. The molecule has 0 saturated carbocycles. The van der Waals surface area contributed by atoms with Gasteiger partial charge in [-0.3, -0.25) is 14.4 Å². The van der Waals surface area contributed by atoms with Crippen molar-refractivity contribution in [1.29, 1.82) is 0 Å². The second kappa shape index (κ2) is 15.2. The Labute approximate surface area is 229 Å². The Hall–Kier alpha value is -3.44. The van der Waals surface area contributed by atoms with Gasteiger partial charge in [0.25, 0.3) is 0 Å². The Kier molecular flexibility index (Phi) is 12.4. The van der Waals surface area contributed by atoms with Crippen LogP contribution in [0.5, 0.6) is 0 Å². The molecule has 0 aliphatic carbocycles. The van der Waals surface area contributed by atoms with E-state index in [1.165, 1.54) is 0 Å². The Balaban J connectivity index is 2.34. The summed E-state index contributed by atoms with van der Waals surface area (Å²) in [5.74, 6) is -3.23. The molecule has 216 valence electrons. The van der Waals surface area contributed by atoms with Gasteiger partial charge in [0.2, 0.25) is 17.7 Å². The molecular weight excluding hydrogens is 500 g/mol. The van der Waals surface area contributed by atoms with Crippen LogP contribution >= 0.6 is 0 Å². The van der Waals surface area contributed by atoms with Crippen molar-refractivity contribution in [2.45, 2.75) is 84.0 Å². The van der Waals surface area contributed by atoms with Crippen LogP contribution < -0.4 is 27.4 Å². The van der Waals surface area contributed by atoms with Crippen molar-refractivity contribution in [3.8, 4) is 0 Å². The highest BCUT2D eigenvalue weighted by Gasteiger charge is 2.32. The summed E-state index contributed by atoms with van der Waals surface area (Å²) in [6.45, 7) is 7.64. The molecule has 0 aliphatic heterocycles. The van der Waals surface area contributed by atoms with E-state index in [2.05, 4.69) is 20.9 Å². The summed E-state index contributed by atoms with van der Waals surface area (Å²) in [6, 6.07) is 3.62. The number of amides is 3. The summed E-state index contributed by atoms with van der Waals surface area (Å²) in [5.41, 5.74) is 13.3. The molecule has 5 unspecified atom stereocenters. The number of carboxylic acids is 1. The maximum Gasteiger partial charge on any atom is 0.326 e. The Bertz CT molecular complexity index is 1120. The fourth-order valence-electron chi connectivity index (χ4n) is 4.27. The number of aliphatic carboxylic acids is 1. The van der Waals surface area contributed by atoms with E-state index in [9.17, 15) is 24.3 Å². The van der Waals surface area contributed by atoms with Crippen LogP contribution in [0.1, 0.15) is 58.9 Å². The lowest BCUT2D eigenvalue weighted by molar-refractivity contribution is -0.143. The number of nitrogens with one attached hydrogen (secondary N) is 4. The third-order valence-electron chi connectivity index (χ3n) is 7.11. The molecule has 0 spiro atoms. The second-order valence-corrected chi connectivity index (χ2v) is 10.5. The number of H-pyrrole nitrogens is 1. The Morgan fingerprint density at radius 3 is 2.21 bits per heavy atom. The van der Waals surface area contributed by atoms with E-state index in [1.54, 1.807) is 13.1 Å². The first-order valence-electron chi connectivity index (χ1n) is 13.6. The largest absolute Gasteiger partial charge is 0.480 e. The number of hydrogen-bond acceptors (Lipinski definition) is 6. The zero-order chi connectivity index (χ0) is 29.1. The Morgan fingerprint density at radius 1 is 0.949 bits per heavy atom. The molecule has 2 aromatic rings. The van der Waals surface area contributed by atoms with Gasteiger partial charge < -0.3 is 37.5 Å². The van der Waals surface area contributed by atoms with Crippen LogP contribution in [0.15, 0.2) is 30.5 Å². The number of rotatable bonds is 16. The van der Waals surface area contributed by atoms with Gasteiger partial charge in [-0.05, 0) is 49.3 Å². The number of aromatic amines is 1. The normalized spacial score (nSPS) is 15.3. The predicted octanol–water partition coefficient (Wildman–Crippen LogP) is 1.41. The number of hydrogen-bond donors (Lipinski definition) is 7. The molecular formula is C28H44N6O5. The van der Waals surface area contributed by atoms with Crippen LogP contribution in [0.25, 0.3) is 10.9 Å².